The summed E-state index contributed by atoms with van der Waals surface area (Å²) in [6.45, 7) is 1.55. The van der Waals surface area contributed by atoms with Crippen molar-refractivity contribution in [3.05, 3.63) is 242 Å². The predicted molar refractivity (Wildman–Crippen MR) is 468 cm³/mol. The smallest absolute Gasteiger partial charge is 0.370 e. The van der Waals surface area contributed by atoms with E-state index in [1.54, 1.807) is 25.1 Å². The quantitative estimate of drug-likeness (QED) is 0.00631. The van der Waals surface area contributed by atoms with E-state index in [1.165, 1.54) is 91.0 Å². The van der Waals surface area contributed by atoms with E-state index in [9.17, 15) is 90.8 Å². The van der Waals surface area contributed by atoms with Crippen LogP contribution in [0.2, 0.25) is 21.1 Å². The van der Waals surface area contributed by atoms with E-state index >= 15 is 0 Å². The molecule has 4 aromatic heterocycles. The normalized spacial score (nSPS) is 11.9. The van der Waals surface area contributed by atoms with Gasteiger partial charge in [0.15, 0.2) is 0 Å². The lowest BCUT2D eigenvalue weighted by atomic mass is 10.1. The first kappa shape index (κ1) is 103. The Kier molecular flexibility index (Phi) is 33.1. The van der Waals surface area contributed by atoms with Gasteiger partial charge in [-0.2, -0.15) is 78.9 Å². The molecule has 0 atom stereocenters. The first-order valence-electron chi connectivity index (χ1n) is 35.5. The Morgan fingerprint density at radius 1 is 0.328 bits per heavy atom. The Morgan fingerprint density at radius 3 is 0.978 bits per heavy atom. The van der Waals surface area contributed by atoms with Crippen molar-refractivity contribution in [2.75, 3.05) is 21.6 Å². The number of anilines is 6. The van der Waals surface area contributed by atoms with Crippen molar-refractivity contribution < 1.29 is 126 Å². The van der Waals surface area contributed by atoms with Crippen LogP contribution in [-0.2, 0) is 134 Å². The molecule has 700 valence electrons. The van der Waals surface area contributed by atoms with Gasteiger partial charge in [-0.1, -0.05) is 60.7 Å². The second kappa shape index (κ2) is 43.1. The van der Waals surface area contributed by atoms with Crippen LogP contribution in [0.5, 0.6) is 0 Å². The van der Waals surface area contributed by atoms with E-state index in [0.717, 1.165) is 48.5 Å². The average Bonchev–Trinajstić information content (AvgIpc) is 0.769. The maximum Gasteiger partial charge on any atom is 0.425 e. The van der Waals surface area contributed by atoms with Gasteiger partial charge in [0.05, 0.1) is 27.6 Å². The van der Waals surface area contributed by atoms with Crippen molar-refractivity contribution in [2.24, 2.45) is 20.5 Å². The van der Waals surface area contributed by atoms with Gasteiger partial charge in [0.25, 0.3) is 70.8 Å². The highest BCUT2D eigenvalue weighted by Gasteiger charge is 2.27. The van der Waals surface area contributed by atoms with E-state index in [4.69, 9.17) is 92.2 Å². The Morgan fingerprint density at radius 2 is 0.634 bits per heavy atom. The molecule has 51 nitrogen and oxygen atoms in total. The molecule has 0 saturated heterocycles. The summed E-state index contributed by atoms with van der Waals surface area (Å²) >= 11 is 24.6. The Labute approximate surface area is 777 Å². The highest BCUT2D eigenvalue weighted by molar-refractivity contribution is 7.87. The molecule has 64 heteroatoms. The fourth-order valence-corrected chi connectivity index (χ4v) is 17.2. The molecule has 4 heterocycles. The lowest BCUT2D eigenvalue weighted by molar-refractivity contribution is 0.409. The Hall–Kier alpha value is -13.4. The highest BCUT2D eigenvalue weighted by atomic mass is 35.5. The molecule has 0 amide bonds. The maximum absolute atomic E-state index is 12.4. The van der Waals surface area contributed by atoms with Crippen molar-refractivity contribution in [1.29, 1.82) is 10.8 Å². The SMILES string of the molecule is Cc1nc(Cl)nc(Nc2cc(Cc3nc(Cl)nc(Cc4ccc(N=Nc5cc6c(S(=O)(=O)O)cccc6cc5S(=O)(=O)O)c(NOC=N)c4)n3)ccc2S(=O)(=O)O)n1.N=CONc1cc(Cc2nc(Cl)nc(Cc3ccc(S(=O)(=O)O)c(Nc4nc(Cl)nc(Cc5cccc(S(=O)(=O)O)c5)n4)c3)n2)ccc1N=Nc1cc2c(S(=O)(=O)O)cccc2cc1S(=O)(=O)O.O=S(=O)=O.O=S(=O)=O. The molecule has 13 aromatic rings. The standard InChI is InChI=1S/C38H29Cl2N11O13S4.C32H25Cl2N11O10S3.2O3S/c39-36-44-33(15-21-7-9-26(27(12-21)51-64-19-41)49-50-29-18-25-23(17-32(29)68(61,62)63)4-2-6-30(25)66(55,56)57)43-34(45-36)16-22-8-10-31(67(58,59)60)28(13-22)42-38-47-35(46-37(40)48-38)14-20-3-1-5-24(11-20)65(52,53)54;1-16-36-30(33)42-32(37-16)38-23-10-18(6-8-26(23)57(49,50)51)12-29-39-28(40-31(34)41-29)11-17-5-7-21(22(9-17)45-55-15-35)43-44-24-14-20-19(13-27(24)58(52,53)54)3-2-4-25(20)56(46,47)48;2*1-4(2)3/h1-13,17-19,41,51H,14-16H2,(H,52,53,54)(H,55,56,57)(H,58,59,60)(H,61,62,63)(H,42,46,47,48);2-10,13-15,35,45H,11-12H2,1H3,(H,46,47,48)(H,49,50,51)(H,52,53,54)(H,36,37,38,42);;. The third-order valence-corrected chi connectivity index (χ3v) is 23.9. The van der Waals surface area contributed by atoms with Gasteiger partial charge < -0.3 is 20.3 Å². The van der Waals surface area contributed by atoms with Crippen LogP contribution in [0.15, 0.2) is 212 Å². The number of hydrogen-bond acceptors (Lipinski definition) is 44. The van der Waals surface area contributed by atoms with Crippen molar-refractivity contribution in [2.45, 2.75) is 73.3 Å². The van der Waals surface area contributed by atoms with Crippen molar-refractivity contribution in [1.82, 2.24) is 59.8 Å². The van der Waals surface area contributed by atoms with Crippen molar-refractivity contribution >= 4 is 230 Å². The van der Waals surface area contributed by atoms with Crippen LogP contribution in [-0.4, -0.2) is 189 Å². The lowest BCUT2D eigenvalue weighted by Gasteiger charge is -2.13. The minimum Gasteiger partial charge on any atom is -0.370 e. The topological polar surface area (TPSA) is 801 Å². The molecule has 13 rings (SSSR count). The van der Waals surface area contributed by atoms with Crippen LogP contribution in [0.4, 0.5) is 57.4 Å². The summed E-state index contributed by atoms with van der Waals surface area (Å²) in [5, 5.41) is 35.1. The number of nitrogens with zero attached hydrogens (tertiary/aromatic N) is 16. The van der Waals surface area contributed by atoms with Crippen LogP contribution < -0.4 is 21.6 Å². The van der Waals surface area contributed by atoms with Crippen molar-refractivity contribution in [3.8, 4) is 0 Å². The monoisotopic (exact) mass is 2090 g/mol. The molecule has 0 unspecified atom stereocenters. The molecule has 13 N–H and O–H groups in total. The minimum atomic E-state index is -4.94. The van der Waals surface area contributed by atoms with Crippen LogP contribution in [0.25, 0.3) is 21.5 Å². The molecule has 0 fully saturated rings. The third-order valence-electron chi connectivity index (χ3n) is 17.0. The van der Waals surface area contributed by atoms with E-state index in [2.05, 4.69) is 102 Å². The fourth-order valence-electron chi connectivity index (χ4n) is 11.9. The zero-order valence-electron chi connectivity index (χ0n) is 66.2. The van der Waals surface area contributed by atoms with Gasteiger partial charge in [0.2, 0.25) is 45.8 Å². The molecule has 0 radical (unpaired) electrons. The number of benzene rings is 9. The number of hydrogen-bond donors (Lipinski definition) is 13. The predicted octanol–water partition coefficient (Wildman–Crippen LogP) is 10.2. The number of rotatable bonds is 31. The highest BCUT2D eigenvalue weighted by Crippen LogP contribution is 2.40. The molecule has 9 aromatic carbocycles. The summed E-state index contributed by atoms with van der Waals surface area (Å²) < 4.78 is 289. The first-order chi connectivity index (χ1) is 62.6. The number of fused-ring (bicyclic) bond motifs is 2. The molecule has 0 aliphatic rings. The molecule has 0 bridgehead atoms. The lowest BCUT2D eigenvalue weighted by Crippen LogP contribution is -2.09. The number of halogens is 4. The van der Waals surface area contributed by atoms with E-state index in [-0.39, 0.29) is 161 Å². The second-order valence-corrected chi connectivity index (χ2v) is 38.2. The van der Waals surface area contributed by atoms with Crippen LogP contribution >= 0.6 is 46.4 Å². The largest absolute Gasteiger partial charge is 0.425 e. The molecule has 134 heavy (non-hydrogen) atoms. The molecular weight excluding hydrogens is 2040 g/mol. The number of nitrogens with one attached hydrogen (secondary N) is 6. The van der Waals surface area contributed by atoms with E-state index in [1.807, 2.05) is 0 Å². The van der Waals surface area contributed by atoms with E-state index < -0.39 is 133 Å². The minimum absolute atomic E-state index is 0.00621. The van der Waals surface area contributed by atoms with Crippen molar-refractivity contribution in [3.63, 3.8) is 0 Å². The molecule has 0 aliphatic carbocycles. The summed E-state index contributed by atoms with van der Waals surface area (Å²) in [6, 6.07) is 33.5. The number of azo groups is 2. The average molecular weight is 2100 g/mol. The number of aryl methyl sites for hydroxylation is 1. The van der Waals surface area contributed by atoms with Gasteiger partial charge in [0.1, 0.15) is 87.1 Å². The van der Waals surface area contributed by atoms with E-state index in [0.29, 0.717) is 40.6 Å². The molecule has 0 saturated carbocycles. The Balaban J connectivity index is 0.000000260. The molecule has 0 spiro atoms. The van der Waals surface area contributed by atoms with Gasteiger partial charge in [-0.05, 0) is 189 Å². The molecular formula is C70H54Cl4N22O29S9. The Bertz CT molecular complexity index is 8040. The number of aromatic nitrogens is 12. The third kappa shape index (κ3) is 29.3. The maximum atomic E-state index is 12.4. The van der Waals surface area contributed by atoms with Crippen LogP contribution in [0, 0.1) is 17.7 Å². The molecule has 0 aliphatic heterocycles. The van der Waals surface area contributed by atoms with Gasteiger partial charge >= 0.3 is 21.2 Å². The summed E-state index contributed by atoms with van der Waals surface area (Å²) in [4.78, 5) is 55.8. The summed E-state index contributed by atoms with van der Waals surface area (Å²) in [7, 11) is -39.7. The van der Waals surface area contributed by atoms with Crippen LogP contribution in [0.1, 0.15) is 62.8 Å². The van der Waals surface area contributed by atoms with Gasteiger partial charge in [-0.25, -0.2) is 50.8 Å². The summed E-state index contributed by atoms with van der Waals surface area (Å²) in [5.41, 5.74) is 6.16. The van der Waals surface area contributed by atoms with Gasteiger partial charge in [0, 0.05) is 42.9 Å². The van der Waals surface area contributed by atoms with Gasteiger partial charge in [-0.15, -0.1) is 45.7 Å². The van der Waals surface area contributed by atoms with Gasteiger partial charge in [-0.3, -0.25) is 42.7 Å². The summed E-state index contributed by atoms with van der Waals surface area (Å²) in [6.07, 6.45) is 1.00. The first-order valence-corrected chi connectivity index (χ1v) is 49.1. The summed E-state index contributed by atoms with van der Waals surface area (Å²) in [5.74, 6) is 0.557. The second-order valence-electron chi connectivity index (χ2n) is 26.2. The fraction of sp³-hybridized carbons (Fsp3) is 0.0857. The zero-order chi connectivity index (χ0) is 98.3. The van der Waals surface area contributed by atoms with Crippen LogP contribution in [0.3, 0.4) is 0 Å². The zero-order valence-corrected chi connectivity index (χ0v) is 76.5.